The zero-order valence-electron chi connectivity index (χ0n) is 40.8. The number of likely N-dealkylation sites (N-methyl/N-ethyl adjacent to an activating group) is 2. The summed E-state index contributed by atoms with van der Waals surface area (Å²) in [5.41, 5.74) is 2.84. The molecule has 0 aliphatic carbocycles. The summed E-state index contributed by atoms with van der Waals surface area (Å²) >= 11 is 0. The second-order valence-corrected chi connectivity index (χ2v) is 41.3. The maximum atomic E-state index is 13.5. The van der Waals surface area contributed by atoms with E-state index in [9.17, 15) is 26.4 Å². The van der Waals surface area contributed by atoms with Crippen LogP contribution in [0.1, 0.15) is 12.5 Å². The summed E-state index contributed by atoms with van der Waals surface area (Å²) in [5, 5.41) is 0.663. The van der Waals surface area contributed by atoms with Crippen LogP contribution in [0.2, 0.25) is 65.5 Å². The fraction of sp³-hybridized carbons (Fsp3) is 0.409. The highest BCUT2D eigenvalue weighted by molar-refractivity contribution is 7.96. The van der Waals surface area contributed by atoms with Crippen molar-refractivity contribution < 1.29 is 52.4 Å². The number of allylic oxidation sites excluding steroid dienone is 4. The summed E-state index contributed by atoms with van der Waals surface area (Å²) in [6, 6.07) is 13.9. The third-order valence-electron chi connectivity index (χ3n) is 8.80. The molecule has 0 heterocycles. The summed E-state index contributed by atoms with van der Waals surface area (Å²) in [6.45, 7) is 29.0. The molecule has 360 valence electrons. The highest BCUT2D eigenvalue weighted by Gasteiger charge is 2.50. The normalized spacial score (nSPS) is 15.5. The first-order valence-corrected chi connectivity index (χ1v) is 38.3. The molecule has 0 fully saturated rings. The van der Waals surface area contributed by atoms with E-state index in [1.54, 1.807) is 68.7 Å². The minimum Gasteiger partial charge on any atom is -0.465 e. The molecule has 0 saturated heterocycles. The standard InChI is InChI=1S/C44H70N2O12S2Si5/c1-17-54-44(48)42(59(49,50)39-24-19-18-20-25-39)27-22-33-46(5)36-38(3)65(16,57-63(13,14)55-61(7,8)9)58-64(15,56-62(10,11)12)35-23-34-45(4)32-21-26-41(43(47)53-6)60(51,52)40-30-28-37(2)29-31-40/h18-33,35H,3,17,34,36H2,1-2,4-16H3/b32-21+,33-22+,35-23+,41-26+,42-27-. The van der Waals surface area contributed by atoms with E-state index < -0.39 is 83.7 Å². The number of sulfone groups is 2. The lowest BCUT2D eigenvalue weighted by molar-refractivity contribution is -0.138. The number of ether oxygens (including phenoxy) is 2. The predicted octanol–water partition coefficient (Wildman–Crippen LogP) is 8.41. The van der Waals surface area contributed by atoms with Crippen molar-refractivity contribution in [3.05, 3.63) is 130 Å². The Morgan fingerprint density at radius 1 is 0.677 bits per heavy atom. The molecule has 2 aromatic carbocycles. The van der Waals surface area contributed by atoms with Crippen LogP contribution >= 0.6 is 0 Å². The maximum Gasteiger partial charge on any atom is 0.350 e. The minimum atomic E-state index is -4.18. The van der Waals surface area contributed by atoms with Gasteiger partial charge in [-0.1, -0.05) is 48.6 Å². The van der Waals surface area contributed by atoms with Crippen LogP contribution in [-0.4, -0.2) is 122 Å². The molecule has 21 heteroatoms. The van der Waals surface area contributed by atoms with E-state index in [4.69, 9.17) is 25.9 Å². The SMILES string of the molecule is C=C(CN(C)/C=C/C=C(/C(=O)OCC)S(=O)(=O)c1ccccc1)[Si](C)(O[Si](C)(C)O[Si](C)(C)C)O[Si](C)(/C=C/CN(C)/C=C/C=C(\C(=O)OC)S(=O)(=O)c1ccc(C)cc1)O[Si](C)(C)C. The van der Waals surface area contributed by atoms with E-state index in [0.717, 1.165) is 12.7 Å². The highest BCUT2D eigenvalue weighted by Crippen LogP contribution is 2.31. The molecular formula is C44H70N2O12S2Si5. The van der Waals surface area contributed by atoms with Crippen molar-refractivity contribution in [2.45, 2.75) is 89.1 Å². The van der Waals surface area contributed by atoms with Crippen LogP contribution < -0.4 is 0 Å². The molecule has 14 nitrogen and oxygen atoms in total. The van der Waals surface area contributed by atoms with Crippen LogP contribution in [0, 0.1) is 6.92 Å². The van der Waals surface area contributed by atoms with Crippen LogP contribution in [0.15, 0.2) is 134 Å². The molecule has 2 rings (SSSR count). The van der Waals surface area contributed by atoms with Crippen molar-refractivity contribution in [1.29, 1.82) is 0 Å². The van der Waals surface area contributed by atoms with Gasteiger partial charge in [-0.15, -0.1) is 0 Å². The third kappa shape index (κ3) is 18.8. The van der Waals surface area contributed by atoms with Gasteiger partial charge in [-0.3, -0.25) is 0 Å². The van der Waals surface area contributed by atoms with Crippen molar-refractivity contribution >= 4 is 73.9 Å². The van der Waals surface area contributed by atoms with Gasteiger partial charge in [0, 0.05) is 27.2 Å². The molecule has 0 spiro atoms. The third-order valence-corrected chi connectivity index (χ3v) is 29.8. The van der Waals surface area contributed by atoms with Crippen LogP contribution in [0.4, 0.5) is 0 Å². The van der Waals surface area contributed by atoms with E-state index in [1.807, 2.05) is 49.8 Å². The van der Waals surface area contributed by atoms with Gasteiger partial charge in [-0.2, -0.15) is 0 Å². The number of carbonyl (C=O) groups is 2. The van der Waals surface area contributed by atoms with Crippen molar-refractivity contribution in [3.63, 3.8) is 0 Å². The van der Waals surface area contributed by atoms with E-state index in [1.165, 1.54) is 48.6 Å². The minimum absolute atomic E-state index is 0.00127. The Labute approximate surface area is 394 Å². The molecule has 0 radical (unpaired) electrons. The number of hydrogen-bond acceptors (Lipinski definition) is 14. The summed E-state index contributed by atoms with van der Waals surface area (Å²) in [4.78, 5) is 28.1. The van der Waals surface area contributed by atoms with Gasteiger partial charge in [0.15, 0.2) is 26.4 Å². The van der Waals surface area contributed by atoms with E-state index in [-0.39, 0.29) is 22.9 Å². The average Bonchev–Trinajstić information content (AvgIpc) is 3.16. The van der Waals surface area contributed by atoms with Gasteiger partial charge in [0.2, 0.25) is 19.7 Å². The van der Waals surface area contributed by atoms with E-state index in [0.29, 0.717) is 11.7 Å². The van der Waals surface area contributed by atoms with Crippen LogP contribution in [0.5, 0.6) is 0 Å². The molecule has 0 aromatic heterocycles. The molecule has 0 aliphatic rings. The van der Waals surface area contributed by atoms with Gasteiger partial charge >= 0.3 is 37.6 Å². The highest BCUT2D eigenvalue weighted by atomic mass is 32.2. The Bertz CT molecular complexity index is 2340. The van der Waals surface area contributed by atoms with Gasteiger partial charge in [0.05, 0.1) is 23.5 Å². The summed E-state index contributed by atoms with van der Waals surface area (Å²) < 4.78 is 91.4. The lowest BCUT2D eigenvalue weighted by Crippen LogP contribution is -2.61. The Balaban J connectivity index is 2.52. The summed E-state index contributed by atoms with van der Waals surface area (Å²) in [5.74, 6) is -1.94. The fourth-order valence-electron chi connectivity index (χ4n) is 6.43. The zero-order valence-corrected chi connectivity index (χ0v) is 47.4. The first-order chi connectivity index (χ1) is 29.8. The van der Waals surface area contributed by atoms with E-state index in [2.05, 4.69) is 45.9 Å². The molecule has 0 saturated carbocycles. The Morgan fingerprint density at radius 3 is 1.66 bits per heavy atom. The van der Waals surface area contributed by atoms with E-state index >= 15 is 0 Å². The van der Waals surface area contributed by atoms with Crippen molar-refractivity contribution in [2.75, 3.05) is 40.9 Å². The van der Waals surface area contributed by atoms with Crippen molar-refractivity contribution in [2.24, 2.45) is 0 Å². The molecule has 0 amide bonds. The van der Waals surface area contributed by atoms with Crippen molar-refractivity contribution in [1.82, 2.24) is 9.80 Å². The number of esters is 2. The van der Waals surface area contributed by atoms with Gasteiger partial charge in [0.1, 0.15) is 0 Å². The Kier molecular flexibility index (Phi) is 21.0. The second kappa shape index (κ2) is 23.8. The molecule has 2 atom stereocenters. The number of nitrogens with zero attached hydrogens (tertiary/aromatic N) is 2. The number of benzene rings is 2. The number of methoxy groups -OCH3 is 1. The largest absolute Gasteiger partial charge is 0.465 e. The maximum absolute atomic E-state index is 13.5. The average molecular weight is 1020 g/mol. The first-order valence-electron chi connectivity index (χ1n) is 21.0. The second-order valence-electron chi connectivity index (χ2n) is 17.9. The molecule has 0 bridgehead atoms. The number of aryl methyl sites for hydroxylation is 1. The lowest BCUT2D eigenvalue weighted by atomic mass is 10.2. The van der Waals surface area contributed by atoms with Crippen LogP contribution in [0.3, 0.4) is 0 Å². The van der Waals surface area contributed by atoms with Gasteiger partial charge < -0.3 is 35.7 Å². The Morgan fingerprint density at radius 2 is 1.17 bits per heavy atom. The molecule has 0 N–H and O–H groups in total. The predicted molar refractivity (Wildman–Crippen MR) is 270 cm³/mol. The summed E-state index contributed by atoms with van der Waals surface area (Å²) in [6.07, 6.45) is 10.6. The first kappa shape index (κ1) is 57.4. The zero-order chi connectivity index (χ0) is 49.7. The van der Waals surface area contributed by atoms with Crippen LogP contribution in [0.25, 0.3) is 0 Å². The number of carbonyl (C=O) groups excluding carboxylic acids is 2. The Hall–Kier alpha value is -3.76. The number of rotatable bonds is 25. The molecule has 2 aromatic rings. The summed E-state index contributed by atoms with van der Waals surface area (Å²) in [7, 11) is -17.5. The molecular weight excluding hydrogens is 953 g/mol. The van der Waals surface area contributed by atoms with Gasteiger partial charge in [-0.25, -0.2) is 26.4 Å². The quantitative estimate of drug-likeness (QED) is 0.0403. The number of hydrogen-bond donors (Lipinski definition) is 0. The molecule has 65 heavy (non-hydrogen) atoms. The topological polar surface area (TPSA) is 164 Å². The van der Waals surface area contributed by atoms with Gasteiger partial charge in [-0.05, 0) is 151 Å². The smallest absolute Gasteiger partial charge is 0.350 e. The molecule has 2 unspecified atom stereocenters. The van der Waals surface area contributed by atoms with Gasteiger partial charge in [0.25, 0.3) is 0 Å². The van der Waals surface area contributed by atoms with Crippen molar-refractivity contribution in [3.8, 4) is 0 Å². The molecule has 0 aliphatic heterocycles. The monoisotopic (exact) mass is 1020 g/mol. The van der Waals surface area contributed by atoms with Crippen LogP contribution in [-0.2, 0) is 55.2 Å². The lowest BCUT2D eigenvalue weighted by Gasteiger charge is -2.44. The fourth-order valence-corrected chi connectivity index (χ4v) is 31.0.